The molecule has 2 aromatic rings. The molecule has 0 spiro atoms. The first-order chi connectivity index (χ1) is 9.75. The molecule has 10 heteroatoms. The lowest BCUT2D eigenvalue weighted by atomic mass is 10.0. The van der Waals surface area contributed by atoms with E-state index in [-0.39, 0.29) is 32.8 Å². The highest BCUT2D eigenvalue weighted by atomic mass is 35.5. The van der Waals surface area contributed by atoms with E-state index in [2.05, 4.69) is 15.5 Å². The molecule has 0 saturated heterocycles. The topological polar surface area (TPSA) is 83.8 Å². The number of carbonyl (C=O) groups excluding carboxylic acids is 1. The predicted molar refractivity (Wildman–Crippen MR) is 73.1 cm³/mol. The van der Waals surface area contributed by atoms with Crippen LogP contribution in [0.3, 0.4) is 0 Å². The lowest BCUT2D eigenvalue weighted by Crippen LogP contribution is -2.05. The van der Waals surface area contributed by atoms with Crippen LogP contribution in [0.15, 0.2) is 12.1 Å². The van der Waals surface area contributed by atoms with Crippen molar-refractivity contribution in [3.8, 4) is 11.1 Å². The summed E-state index contributed by atoms with van der Waals surface area (Å²) in [6, 6.07) is 1.44. The number of amides is 1. The number of aromatic amines is 1. The van der Waals surface area contributed by atoms with Crippen molar-refractivity contribution in [2.45, 2.75) is 6.18 Å². The van der Waals surface area contributed by atoms with E-state index in [9.17, 15) is 18.0 Å². The molecule has 0 atom stereocenters. The summed E-state index contributed by atoms with van der Waals surface area (Å²) in [7, 11) is 0. The molecule has 0 saturated carbocycles. The fourth-order valence-electron chi connectivity index (χ4n) is 1.74. The van der Waals surface area contributed by atoms with Gasteiger partial charge in [0.1, 0.15) is 5.82 Å². The Labute approximate surface area is 126 Å². The van der Waals surface area contributed by atoms with E-state index < -0.39 is 11.7 Å². The van der Waals surface area contributed by atoms with Crippen LogP contribution in [0.1, 0.15) is 5.56 Å². The first-order valence-electron chi connectivity index (χ1n) is 5.36. The fraction of sp³-hybridized carbons (Fsp3) is 0.0909. The summed E-state index contributed by atoms with van der Waals surface area (Å²) in [6.07, 6.45) is -4.25. The van der Waals surface area contributed by atoms with Crippen LogP contribution in [0.2, 0.25) is 10.0 Å². The average molecular weight is 339 g/mol. The molecule has 1 amide bonds. The van der Waals surface area contributed by atoms with Crippen molar-refractivity contribution in [1.82, 2.24) is 10.2 Å². The monoisotopic (exact) mass is 338 g/mol. The number of H-pyrrole nitrogens is 1. The van der Waals surface area contributed by atoms with Gasteiger partial charge < -0.3 is 11.1 Å². The van der Waals surface area contributed by atoms with Crippen LogP contribution in [-0.2, 0) is 11.0 Å². The molecule has 0 radical (unpaired) electrons. The summed E-state index contributed by atoms with van der Waals surface area (Å²) >= 11 is 11.8. The third kappa shape index (κ3) is 2.91. The zero-order valence-corrected chi connectivity index (χ0v) is 11.6. The second-order valence-electron chi connectivity index (χ2n) is 3.94. The van der Waals surface area contributed by atoms with Gasteiger partial charge in [-0.25, -0.2) is 0 Å². The van der Waals surface area contributed by atoms with Crippen LogP contribution in [-0.4, -0.2) is 16.6 Å². The van der Waals surface area contributed by atoms with Crippen LogP contribution in [0.4, 0.5) is 24.8 Å². The van der Waals surface area contributed by atoms with Gasteiger partial charge in [0.15, 0.2) is 5.82 Å². The van der Waals surface area contributed by atoms with Gasteiger partial charge in [-0.2, -0.15) is 18.3 Å². The largest absolute Gasteiger partial charge is 0.416 e. The number of nitrogens with two attached hydrogens (primary N) is 1. The molecule has 0 aliphatic carbocycles. The van der Waals surface area contributed by atoms with Gasteiger partial charge >= 0.3 is 6.18 Å². The number of rotatable bonds is 3. The number of hydrogen-bond acceptors (Lipinski definition) is 3. The maximum Gasteiger partial charge on any atom is 0.416 e. The molecular formula is C11H7Cl2F3N4O. The van der Waals surface area contributed by atoms with Crippen molar-refractivity contribution in [1.29, 1.82) is 0 Å². The van der Waals surface area contributed by atoms with Crippen molar-refractivity contribution in [3.05, 3.63) is 27.7 Å². The Morgan fingerprint density at radius 1 is 1.24 bits per heavy atom. The first-order valence-corrected chi connectivity index (χ1v) is 6.12. The van der Waals surface area contributed by atoms with Gasteiger partial charge in [-0.15, -0.1) is 0 Å². The van der Waals surface area contributed by atoms with Crippen LogP contribution < -0.4 is 11.1 Å². The number of benzene rings is 1. The second-order valence-corrected chi connectivity index (χ2v) is 4.75. The minimum atomic E-state index is -4.59. The molecule has 0 fully saturated rings. The molecule has 4 N–H and O–H groups in total. The maximum atomic E-state index is 12.7. The third-order valence-electron chi connectivity index (χ3n) is 2.61. The Kier molecular flexibility index (Phi) is 4.02. The van der Waals surface area contributed by atoms with E-state index in [1.807, 2.05) is 0 Å². The number of nitrogens with one attached hydrogen (secondary N) is 2. The summed E-state index contributed by atoms with van der Waals surface area (Å²) in [5.74, 6) is 0.00830. The smallest absolute Gasteiger partial charge is 0.383 e. The van der Waals surface area contributed by atoms with E-state index in [0.717, 1.165) is 12.1 Å². The molecule has 0 aliphatic rings. The fourth-order valence-corrected chi connectivity index (χ4v) is 2.42. The van der Waals surface area contributed by atoms with Crippen LogP contribution in [0.25, 0.3) is 11.1 Å². The molecule has 0 unspecified atom stereocenters. The Hall–Kier alpha value is -1.93. The molecule has 5 nitrogen and oxygen atoms in total. The molecule has 21 heavy (non-hydrogen) atoms. The third-order valence-corrected chi connectivity index (χ3v) is 3.21. The number of alkyl halides is 3. The molecule has 1 aromatic carbocycles. The zero-order chi connectivity index (χ0) is 15.8. The number of nitrogen functional groups attached to an aromatic ring is 1. The Morgan fingerprint density at radius 3 is 2.29 bits per heavy atom. The number of aromatic nitrogens is 2. The number of halogens is 5. The van der Waals surface area contributed by atoms with Crippen molar-refractivity contribution in [3.63, 3.8) is 0 Å². The Bertz CT molecular complexity index is 676. The van der Waals surface area contributed by atoms with Gasteiger partial charge in [0.2, 0.25) is 6.41 Å². The minimum Gasteiger partial charge on any atom is -0.383 e. The maximum absolute atomic E-state index is 12.7. The quantitative estimate of drug-likeness (QED) is 0.748. The number of anilines is 2. The van der Waals surface area contributed by atoms with Gasteiger partial charge in [0.25, 0.3) is 0 Å². The van der Waals surface area contributed by atoms with Gasteiger partial charge in [0, 0.05) is 5.56 Å². The SMILES string of the molecule is Nc1[nH]nc(NC=O)c1-c1c(Cl)cc(C(F)(F)F)cc1Cl. The standard InChI is InChI=1S/C11H7Cl2F3N4O/c12-5-1-4(11(14,15)16)2-6(13)7(5)8-9(17)19-20-10(8)18-3-21/h1-3H,(H4,17,18,19,20,21). The highest BCUT2D eigenvalue weighted by molar-refractivity contribution is 6.39. The molecule has 112 valence electrons. The van der Waals surface area contributed by atoms with Crippen molar-refractivity contribution >= 4 is 41.2 Å². The van der Waals surface area contributed by atoms with Crippen molar-refractivity contribution < 1.29 is 18.0 Å². The van der Waals surface area contributed by atoms with Gasteiger partial charge in [0.05, 0.1) is 21.2 Å². The van der Waals surface area contributed by atoms with Crippen molar-refractivity contribution in [2.24, 2.45) is 0 Å². The van der Waals surface area contributed by atoms with Crippen LogP contribution in [0, 0.1) is 0 Å². The van der Waals surface area contributed by atoms with E-state index in [1.165, 1.54) is 0 Å². The second kappa shape index (κ2) is 5.45. The van der Waals surface area contributed by atoms with E-state index in [4.69, 9.17) is 28.9 Å². The lowest BCUT2D eigenvalue weighted by molar-refractivity contribution is -0.137. The zero-order valence-electron chi connectivity index (χ0n) is 10.1. The molecular weight excluding hydrogens is 332 g/mol. The summed E-state index contributed by atoms with van der Waals surface area (Å²) in [6.45, 7) is 0. The minimum absolute atomic E-state index is 0.00269. The highest BCUT2D eigenvalue weighted by Crippen LogP contribution is 2.44. The van der Waals surface area contributed by atoms with E-state index >= 15 is 0 Å². The molecule has 1 aromatic heterocycles. The van der Waals surface area contributed by atoms with Gasteiger partial charge in [-0.05, 0) is 12.1 Å². The average Bonchev–Trinajstić information content (AvgIpc) is 2.70. The highest BCUT2D eigenvalue weighted by Gasteiger charge is 2.32. The van der Waals surface area contributed by atoms with Gasteiger partial charge in [-0.1, -0.05) is 23.2 Å². The van der Waals surface area contributed by atoms with Crippen LogP contribution in [0.5, 0.6) is 0 Å². The number of carbonyl (C=O) groups is 1. The molecule has 1 heterocycles. The predicted octanol–water partition coefficient (Wildman–Crippen LogP) is 3.55. The number of hydrogen-bond donors (Lipinski definition) is 3. The lowest BCUT2D eigenvalue weighted by Gasteiger charge is -2.12. The van der Waals surface area contributed by atoms with Gasteiger partial charge in [-0.3, -0.25) is 9.89 Å². The first kappa shape index (κ1) is 15.5. The number of nitrogens with zero attached hydrogens (tertiary/aromatic N) is 1. The summed E-state index contributed by atoms with van der Waals surface area (Å²) in [4.78, 5) is 10.5. The van der Waals surface area contributed by atoms with Crippen LogP contribution >= 0.6 is 23.2 Å². The van der Waals surface area contributed by atoms with E-state index in [0.29, 0.717) is 6.41 Å². The molecule has 0 aliphatic heterocycles. The van der Waals surface area contributed by atoms with E-state index in [1.54, 1.807) is 0 Å². The summed E-state index contributed by atoms with van der Waals surface area (Å²) in [5.41, 5.74) is 4.82. The van der Waals surface area contributed by atoms with Crippen molar-refractivity contribution in [2.75, 3.05) is 11.1 Å². The molecule has 2 rings (SSSR count). The Balaban J connectivity index is 2.66. The molecule has 0 bridgehead atoms. The normalized spacial score (nSPS) is 11.5. The summed E-state index contributed by atoms with van der Waals surface area (Å²) in [5, 5.41) is 7.81. The Morgan fingerprint density at radius 2 is 1.81 bits per heavy atom. The summed E-state index contributed by atoms with van der Waals surface area (Å²) < 4.78 is 38.0.